The average Bonchev–Trinajstić information content (AvgIpc) is 2.27. The number of fused-ring (bicyclic) bond motifs is 1. The van der Waals surface area contributed by atoms with Gasteiger partial charge in [-0.1, -0.05) is 0 Å². The number of carboxylic acids is 1. The van der Waals surface area contributed by atoms with Gasteiger partial charge in [-0.05, 0) is 6.07 Å². The summed E-state index contributed by atoms with van der Waals surface area (Å²) in [4.78, 5) is 29.0. The Hall–Kier alpha value is -2.64. The largest absolute Gasteiger partial charge is 0.475 e. The average molecular weight is 223 g/mol. The highest BCUT2D eigenvalue weighted by Crippen LogP contribution is 2.32. The Morgan fingerprint density at radius 3 is 2.94 bits per heavy atom. The van der Waals surface area contributed by atoms with Gasteiger partial charge in [0, 0.05) is 6.07 Å². The number of hydrogen-bond donors (Lipinski definition) is 2. The number of amidine groups is 1. The van der Waals surface area contributed by atoms with Crippen molar-refractivity contribution in [1.82, 2.24) is 5.48 Å². The predicted molar refractivity (Wildman–Crippen MR) is 51.6 cm³/mol. The first kappa shape index (κ1) is 9.90. The number of aliphatic imine (C=N–C) groups is 1. The number of nitro benzene ring substituents is 1. The fourth-order valence-corrected chi connectivity index (χ4v) is 1.13. The van der Waals surface area contributed by atoms with Crippen molar-refractivity contribution in [2.24, 2.45) is 4.99 Å². The molecule has 2 rings (SSSR count). The summed E-state index contributed by atoms with van der Waals surface area (Å²) in [5.74, 6) is -1.54. The van der Waals surface area contributed by atoms with Crippen LogP contribution in [-0.2, 0) is 4.79 Å². The number of aliphatic carboxylic acids is 1. The number of nitro groups is 1. The summed E-state index contributed by atoms with van der Waals surface area (Å²) >= 11 is 0. The summed E-state index contributed by atoms with van der Waals surface area (Å²) in [6, 6.07) is 3.69. The molecule has 1 aliphatic heterocycles. The topological polar surface area (TPSA) is 114 Å². The summed E-state index contributed by atoms with van der Waals surface area (Å²) in [7, 11) is 0. The maximum atomic E-state index is 10.6. The molecule has 0 bridgehead atoms. The van der Waals surface area contributed by atoms with E-state index in [1.807, 2.05) is 0 Å². The smallest absolute Gasteiger partial charge is 0.374 e. The van der Waals surface area contributed by atoms with Gasteiger partial charge in [0.25, 0.3) is 5.69 Å². The minimum Gasteiger partial charge on any atom is -0.475 e. The number of hydrogen-bond acceptors (Lipinski definition) is 6. The molecule has 1 heterocycles. The van der Waals surface area contributed by atoms with Crippen LogP contribution in [0.4, 0.5) is 11.4 Å². The Morgan fingerprint density at radius 1 is 1.56 bits per heavy atom. The van der Waals surface area contributed by atoms with Gasteiger partial charge in [-0.2, -0.15) is 5.48 Å². The van der Waals surface area contributed by atoms with Gasteiger partial charge in [0.1, 0.15) is 5.69 Å². The maximum absolute atomic E-state index is 10.6. The Kier molecular flexibility index (Phi) is 2.16. The van der Waals surface area contributed by atoms with Crippen LogP contribution in [0.1, 0.15) is 0 Å². The second-order valence-electron chi connectivity index (χ2n) is 2.88. The Balaban J connectivity index is 2.43. The molecule has 0 fully saturated rings. The Labute approximate surface area is 88.3 Å². The van der Waals surface area contributed by atoms with Crippen LogP contribution < -0.4 is 10.3 Å². The molecule has 2 N–H and O–H groups in total. The van der Waals surface area contributed by atoms with E-state index in [1.165, 1.54) is 12.1 Å². The van der Waals surface area contributed by atoms with Crippen molar-refractivity contribution in [2.75, 3.05) is 0 Å². The van der Waals surface area contributed by atoms with Crippen LogP contribution in [0.15, 0.2) is 23.2 Å². The van der Waals surface area contributed by atoms with Gasteiger partial charge in [0.2, 0.25) is 5.84 Å². The fraction of sp³-hybridized carbons (Fsp3) is 0. The molecule has 0 atom stereocenters. The molecule has 1 aromatic rings. The van der Waals surface area contributed by atoms with Crippen molar-refractivity contribution >= 4 is 23.2 Å². The number of carbonyl (C=O) groups is 1. The lowest BCUT2D eigenvalue weighted by Gasteiger charge is -2.14. The molecule has 0 saturated carbocycles. The molecule has 0 spiro atoms. The zero-order valence-corrected chi connectivity index (χ0v) is 7.71. The van der Waals surface area contributed by atoms with Crippen molar-refractivity contribution in [3.05, 3.63) is 28.3 Å². The van der Waals surface area contributed by atoms with Crippen molar-refractivity contribution in [3.8, 4) is 5.75 Å². The first-order chi connectivity index (χ1) is 7.58. The Bertz CT molecular complexity index is 510. The predicted octanol–water partition coefficient (Wildman–Crippen LogP) is 0.606. The molecule has 0 aliphatic carbocycles. The van der Waals surface area contributed by atoms with Crippen LogP contribution >= 0.6 is 0 Å². The Morgan fingerprint density at radius 2 is 2.31 bits per heavy atom. The van der Waals surface area contributed by atoms with Crippen LogP contribution in [-0.4, -0.2) is 21.8 Å². The lowest BCUT2D eigenvalue weighted by molar-refractivity contribution is -0.384. The molecule has 1 aromatic carbocycles. The van der Waals surface area contributed by atoms with E-state index in [0.717, 1.165) is 6.07 Å². The molecule has 8 heteroatoms. The van der Waals surface area contributed by atoms with Gasteiger partial charge in [0.15, 0.2) is 5.75 Å². The quantitative estimate of drug-likeness (QED) is 0.560. The van der Waals surface area contributed by atoms with Crippen LogP contribution in [0.2, 0.25) is 0 Å². The van der Waals surface area contributed by atoms with E-state index in [4.69, 9.17) is 9.94 Å². The van der Waals surface area contributed by atoms with Crippen molar-refractivity contribution in [3.63, 3.8) is 0 Å². The molecule has 0 saturated heterocycles. The van der Waals surface area contributed by atoms with Crippen LogP contribution in [0.25, 0.3) is 0 Å². The number of benzene rings is 1. The van der Waals surface area contributed by atoms with Crippen LogP contribution in [0.5, 0.6) is 5.75 Å². The van der Waals surface area contributed by atoms with Gasteiger partial charge in [-0.3, -0.25) is 10.1 Å². The zero-order valence-electron chi connectivity index (χ0n) is 7.71. The molecular weight excluding hydrogens is 218 g/mol. The van der Waals surface area contributed by atoms with Crippen LogP contribution in [0.3, 0.4) is 0 Å². The third kappa shape index (κ3) is 1.63. The first-order valence-electron chi connectivity index (χ1n) is 4.11. The second-order valence-corrected chi connectivity index (χ2v) is 2.88. The molecule has 82 valence electrons. The lowest BCUT2D eigenvalue weighted by atomic mass is 10.2. The van der Waals surface area contributed by atoms with E-state index < -0.39 is 10.9 Å². The van der Waals surface area contributed by atoms with E-state index in [2.05, 4.69) is 10.5 Å². The summed E-state index contributed by atoms with van der Waals surface area (Å²) in [6.07, 6.45) is 0. The lowest BCUT2D eigenvalue weighted by Crippen LogP contribution is -2.35. The molecule has 1 aliphatic rings. The fourth-order valence-electron chi connectivity index (χ4n) is 1.13. The molecule has 0 unspecified atom stereocenters. The molecule has 0 aromatic heterocycles. The van der Waals surface area contributed by atoms with Crippen molar-refractivity contribution < 1.29 is 19.7 Å². The van der Waals surface area contributed by atoms with E-state index in [-0.39, 0.29) is 23.0 Å². The molecule has 0 radical (unpaired) electrons. The third-order valence-corrected chi connectivity index (χ3v) is 1.85. The van der Waals surface area contributed by atoms with Gasteiger partial charge in [0.05, 0.1) is 11.0 Å². The molecule has 8 nitrogen and oxygen atoms in total. The first-order valence-corrected chi connectivity index (χ1v) is 4.11. The zero-order chi connectivity index (χ0) is 11.7. The SMILES string of the molecule is O=C(O)C1=Nc2ccc([N+](=O)[O-])cc2ON1. The minimum atomic E-state index is -1.27. The van der Waals surface area contributed by atoms with E-state index in [9.17, 15) is 14.9 Å². The molecule has 16 heavy (non-hydrogen) atoms. The summed E-state index contributed by atoms with van der Waals surface area (Å²) in [5.41, 5.74) is 2.13. The monoisotopic (exact) mass is 223 g/mol. The van der Waals surface area contributed by atoms with Crippen molar-refractivity contribution in [1.29, 1.82) is 0 Å². The minimum absolute atomic E-state index is 0.110. The number of hydroxylamine groups is 1. The number of nitrogens with zero attached hydrogens (tertiary/aromatic N) is 2. The van der Waals surface area contributed by atoms with Gasteiger partial charge in [-0.25, -0.2) is 9.79 Å². The van der Waals surface area contributed by atoms with Crippen LogP contribution in [0, 0.1) is 10.1 Å². The van der Waals surface area contributed by atoms with Crippen molar-refractivity contribution in [2.45, 2.75) is 0 Å². The standard InChI is InChI=1S/C8H5N3O5/c12-8(13)7-9-5-2-1-4(11(14)15)3-6(5)16-10-7/h1-3H,(H,9,10)(H,12,13). The number of non-ortho nitro benzene ring substituents is 1. The van der Waals surface area contributed by atoms with Gasteiger partial charge in [-0.15, -0.1) is 0 Å². The molecule has 0 amide bonds. The second kappa shape index (κ2) is 3.50. The van der Waals surface area contributed by atoms with Gasteiger partial charge >= 0.3 is 5.97 Å². The highest BCUT2D eigenvalue weighted by atomic mass is 16.7. The normalized spacial score (nSPS) is 12.9. The number of nitrogens with one attached hydrogen (secondary N) is 1. The number of carboxylic acid groups (broad SMARTS) is 1. The van der Waals surface area contributed by atoms with E-state index in [1.54, 1.807) is 0 Å². The van der Waals surface area contributed by atoms with E-state index in [0.29, 0.717) is 0 Å². The third-order valence-electron chi connectivity index (χ3n) is 1.85. The summed E-state index contributed by atoms with van der Waals surface area (Å²) in [5, 5.41) is 19.1. The highest BCUT2D eigenvalue weighted by molar-refractivity contribution is 6.35. The number of rotatable bonds is 2. The van der Waals surface area contributed by atoms with Gasteiger partial charge < -0.3 is 9.94 Å². The molecular formula is C8H5N3O5. The summed E-state index contributed by atoms with van der Waals surface area (Å²) in [6.45, 7) is 0. The highest BCUT2D eigenvalue weighted by Gasteiger charge is 2.20. The maximum Gasteiger partial charge on any atom is 0.374 e. The summed E-state index contributed by atoms with van der Waals surface area (Å²) < 4.78 is 0. The van der Waals surface area contributed by atoms with E-state index >= 15 is 0 Å².